The fourth-order valence-corrected chi connectivity index (χ4v) is 8.54. The molecule has 5 aliphatic carbocycles. The third-order valence-corrected chi connectivity index (χ3v) is 10.2. The van der Waals surface area contributed by atoms with Crippen LogP contribution in [-0.4, -0.2) is 16.8 Å². The van der Waals surface area contributed by atoms with Gasteiger partial charge < -0.3 is 15.6 Å². The molecule has 0 spiro atoms. The van der Waals surface area contributed by atoms with Crippen LogP contribution < -0.4 is 10.6 Å². The van der Waals surface area contributed by atoms with Gasteiger partial charge in [0.05, 0.1) is 0 Å². The van der Waals surface area contributed by atoms with Crippen molar-refractivity contribution >= 4 is 34.1 Å². The zero-order valence-electron chi connectivity index (χ0n) is 22.2. The van der Waals surface area contributed by atoms with E-state index in [1.807, 2.05) is 24.4 Å². The van der Waals surface area contributed by atoms with Gasteiger partial charge in [-0.3, -0.25) is 9.59 Å². The van der Waals surface area contributed by atoms with Crippen LogP contribution in [0.4, 0.5) is 11.4 Å². The third kappa shape index (κ3) is 4.54. The van der Waals surface area contributed by atoms with Crippen LogP contribution in [0.2, 0.25) is 0 Å². The van der Waals surface area contributed by atoms with Crippen LogP contribution in [0.5, 0.6) is 0 Å². The summed E-state index contributed by atoms with van der Waals surface area (Å²) in [5, 5.41) is 7.54. The molecule has 1 heterocycles. The average molecular weight is 510 g/mol. The number of anilines is 2. The van der Waals surface area contributed by atoms with E-state index in [1.165, 1.54) is 44.9 Å². The Morgan fingerprint density at radius 3 is 2.03 bits per heavy atom. The number of benzene rings is 2. The summed E-state index contributed by atoms with van der Waals surface area (Å²) in [7, 11) is 0. The van der Waals surface area contributed by atoms with E-state index in [9.17, 15) is 9.59 Å². The predicted molar refractivity (Wildman–Crippen MR) is 153 cm³/mol. The van der Waals surface area contributed by atoms with E-state index in [1.54, 1.807) is 0 Å². The largest absolute Gasteiger partial charge is 0.361 e. The van der Waals surface area contributed by atoms with Gasteiger partial charge in [-0.2, -0.15) is 0 Å². The highest BCUT2D eigenvalue weighted by Gasteiger charge is 2.50. The lowest BCUT2D eigenvalue weighted by atomic mass is 9.51. The van der Waals surface area contributed by atoms with Crippen LogP contribution in [0.15, 0.2) is 48.7 Å². The number of hydrogen-bond donors (Lipinski definition) is 3. The summed E-state index contributed by atoms with van der Waals surface area (Å²) >= 11 is 0. The standard InChI is InChI=1S/C33H39N3O2/c37-32(23-5-3-1-2-4-6-23)35-26-9-7-22(8-10-26)29-19-34-30-12-11-27(18-28(29)30)36-33(38)31-24-14-20-13-21(16-24)17-25(31)15-20/h7-12,18-21,23-25,31,34H,1-6,13-17H2,(H,35,37)(H,36,38)/t20-,21+,24-,25?,31?. The zero-order valence-corrected chi connectivity index (χ0v) is 22.2. The zero-order chi connectivity index (χ0) is 25.6. The summed E-state index contributed by atoms with van der Waals surface area (Å²) in [5.74, 6) is 3.62. The molecule has 5 nitrogen and oxygen atoms in total. The fourth-order valence-electron chi connectivity index (χ4n) is 8.54. The van der Waals surface area contributed by atoms with Crippen LogP contribution in [0.1, 0.15) is 70.6 Å². The first kappa shape index (κ1) is 24.0. The number of nitrogens with one attached hydrogen (secondary N) is 3. The normalized spacial score (nSPS) is 28.8. The number of fused-ring (bicyclic) bond motifs is 1. The second-order valence-electron chi connectivity index (χ2n) is 12.7. The molecule has 5 fully saturated rings. The van der Waals surface area contributed by atoms with E-state index < -0.39 is 0 Å². The van der Waals surface area contributed by atoms with E-state index in [2.05, 4.69) is 39.9 Å². The molecule has 198 valence electrons. The molecule has 8 rings (SSSR count). The van der Waals surface area contributed by atoms with Gasteiger partial charge in [0.1, 0.15) is 0 Å². The van der Waals surface area contributed by atoms with Crippen molar-refractivity contribution in [3.63, 3.8) is 0 Å². The Morgan fingerprint density at radius 1 is 0.711 bits per heavy atom. The van der Waals surface area contributed by atoms with Gasteiger partial charge in [-0.25, -0.2) is 0 Å². The molecule has 4 bridgehead atoms. The molecule has 0 saturated heterocycles. The molecule has 0 aliphatic heterocycles. The highest BCUT2D eigenvalue weighted by atomic mass is 16.2. The third-order valence-electron chi connectivity index (χ3n) is 10.2. The Bertz CT molecular complexity index is 1300. The first-order valence-corrected chi connectivity index (χ1v) is 14.9. The van der Waals surface area contributed by atoms with Crippen molar-refractivity contribution in [1.82, 2.24) is 4.98 Å². The molecule has 5 aliphatic rings. The van der Waals surface area contributed by atoms with Crippen molar-refractivity contribution < 1.29 is 9.59 Å². The summed E-state index contributed by atoms with van der Waals surface area (Å²) in [6.07, 6.45) is 15.3. The SMILES string of the molecule is O=C(Nc1ccc(-c2c[nH]c3ccc(NC(=O)C4C5C[C@H]6C[C@@H](C5)C[C@@H]4C6)cc23)cc1)C1CCCCCC1. The summed E-state index contributed by atoms with van der Waals surface area (Å²) in [6.45, 7) is 0. The Labute approximate surface area is 225 Å². The van der Waals surface area contributed by atoms with Gasteiger partial charge in [-0.15, -0.1) is 0 Å². The van der Waals surface area contributed by atoms with Crippen molar-refractivity contribution in [3.8, 4) is 11.1 Å². The summed E-state index contributed by atoms with van der Waals surface area (Å²) in [6, 6.07) is 14.3. The highest BCUT2D eigenvalue weighted by molar-refractivity contribution is 6.01. The minimum Gasteiger partial charge on any atom is -0.361 e. The van der Waals surface area contributed by atoms with Gasteiger partial charge in [0.2, 0.25) is 11.8 Å². The minimum atomic E-state index is 0.137. The number of aromatic nitrogens is 1. The van der Waals surface area contributed by atoms with Gasteiger partial charge in [0.15, 0.2) is 0 Å². The molecule has 2 amide bonds. The first-order chi connectivity index (χ1) is 18.6. The molecule has 0 unspecified atom stereocenters. The maximum Gasteiger partial charge on any atom is 0.228 e. The molecule has 5 heteroatoms. The Hall–Kier alpha value is -3.08. The van der Waals surface area contributed by atoms with E-state index in [0.717, 1.165) is 70.9 Å². The molecule has 3 N–H and O–H groups in total. The Kier molecular flexibility index (Phi) is 6.25. The molecule has 5 saturated carbocycles. The van der Waals surface area contributed by atoms with Crippen molar-refractivity contribution in [2.75, 3.05) is 10.6 Å². The average Bonchev–Trinajstić information content (AvgIpc) is 3.12. The van der Waals surface area contributed by atoms with E-state index >= 15 is 0 Å². The second-order valence-corrected chi connectivity index (χ2v) is 12.7. The number of H-pyrrole nitrogens is 1. The van der Waals surface area contributed by atoms with Gasteiger partial charge in [-0.05, 0) is 105 Å². The first-order valence-electron chi connectivity index (χ1n) is 14.9. The van der Waals surface area contributed by atoms with E-state index in [0.29, 0.717) is 11.8 Å². The molecule has 2 aromatic carbocycles. The van der Waals surface area contributed by atoms with Crippen LogP contribution in [-0.2, 0) is 9.59 Å². The molecule has 0 atom stereocenters. The van der Waals surface area contributed by atoms with Crippen LogP contribution in [0.3, 0.4) is 0 Å². The van der Waals surface area contributed by atoms with Crippen molar-refractivity contribution in [2.45, 2.75) is 70.6 Å². The van der Waals surface area contributed by atoms with E-state index in [-0.39, 0.29) is 23.7 Å². The predicted octanol–water partition coefficient (Wildman–Crippen LogP) is 7.75. The molecule has 3 aromatic rings. The molecule has 0 radical (unpaired) electrons. The lowest BCUT2D eigenvalue weighted by molar-refractivity contribution is -0.132. The Morgan fingerprint density at radius 2 is 1.34 bits per heavy atom. The fraction of sp³-hybridized carbons (Fsp3) is 0.515. The quantitative estimate of drug-likeness (QED) is 0.308. The minimum absolute atomic E-state index is 0.137. The highest BCUT2D eigenvalue weighted by Crippen LogP contribution is 2.56. The van der Waals surface area contributed by atoms with Crippen molar-refractivity contribution in [2.24, 2.45) is 35.5 Å². The maximum atomic E-state index is 13.4. The summed E-state index contributed by atoms with van der Waals surface area (Å²) in [4.78, 5) is 29.6. The molecule has 38 heavy (non-hydrogen) atoms. The van der Waals surface area contributed by atoms with E-state index in [4.69, 9.17) is 0 Å². The number of carbonyl (C=O) groups is 2. The summed E-state index contributed by atoms with van der Waals surface area (Å²) < 4.78 is 0. The monoisotopic (exact) mass is 509 g/mol. The maximum absolute atomic E-state index is 13.4. The number of carbonyl (C=O) groups excluding carboxylic acids is 2. The number of amides is 2. The van der Waals surface area contributed by atoms with Gasteiger partial charge in [-0.1, -0.05) is 37.8 Å². The van der Waals surface area contributed by atoms with Crippen molar-refractivity contribution in [3.05, 3.63) is 48.7 Å². The van der Waals surface area contributed by atoms with Gasteiger partial charge >= 0.3 is 0 Å². The number of aromatic amines is 1. The smallest absolute Gasteiger partial charge is 0.228 e. The number of hydrogen-bond acceptors (Lipinski definition) is 2. The topological polar surface area (TPSA) is 74.0 Å². The lowest BCUT2D eigenvalue weighted by Crippen LogP contribution is -2.49. The lowest BCUT2D eigenvalue weighted by Gasteiger charge is -2.53. The van der Waals surface area contributed by atoms with Crippen LogP contribution in [0, 0.1) is 35.5 Å². The van der Waals surface area contributed by atoms with Gasteiger partial charge in [0.25, 0.3) is 0 Å². The van der Waals surface area contributed by atoms with Crippen LogP contribution >= 0.6 is 0 Å². The van der Waals surface area contributed by atoms with Crippen LogP contribution in [0.25, 0.3) is 22.0 Å². The van der Waals surface area contributed by atoms with Crippen molar-refractivity contribution in [1.29, 1.82) is 0 Å². The summed E-state index contributed by atoms with van der Waals surface area (Å²) in [5.41, 5.74) is 4.98. The molecular formula is C33H39N3O2. The number of rotatable bonds is 5. The van der Waals surface area contributed by atoms with Gasteiger partial charge in [0, 0.05) is 45.9 Å². The Balaban J connectivity index is 1.06. The molecule has 1 aromatic heterocycles. The molecular weight excluding hydrogens is 470 g/mol. The second kappa shape index (κ2) is 9.91.